The lowest BCUT2D eigenvalue weighted by atomic mass is 10.0. The fourth-order valence-electron chi connectivity index (χ4n) is 2.97. The highest BCUT2D eigenvalue weighted by Crippen LogP contribution is 2.27. The van der Waals surface area contributed by atoms with Gasteiger partial charge < -0.3 is 20.2 Å². The van der Waals surface area contributed by atoms with Crippen LogP contribution in [0, 0.1) is 0 Å². The number of aliphatic hydroxyl groups is 1. The van der Waals surface area contributed by atoms with E-state index in [-0.39, 0.29) is 5.91 Å². The Hall–Kier alpha value is -0.990. The van der Waals surface area contributed by atoms with Crippen LogP contribution in [0.2, 0.25) is 0 Å². The third-order valence-electron chi connectivity index (χ3n) is 4.68. The quantitative estimate of drug-likeness (QED) is 0.512. The topological polar surface area (TPSA) is 71.4 Å². The molecule has 8 heteroatoms. The molecular weight excluding hydrogens is 326 g/mol. The smallest absolute Gasteiger partial charge is 0.223 e. The lowest BCUT2D eigenvalue weighted by Gasteiger charge is -2.37. The van der Waals surface area contributed by atoms with Crippen molar-refractivity contribution in [3.05, 3.63) is 0 Å². The van der Waals surface area contributed by atoms with E-state index in [1.54, 1.807) is 37.8 Å². The third kappa shape index (κ3) is 5.53. The molecule has 0 bridgehead atoms. The van der Waals surface area contributed by atoms with Crippen molar-refractivity contribution < 1.29 is 9.90 Å². The minimum absolute atomic E-state index is 0.178. The maximum absolute atomic E-state index is 11.7. The predicted molar refractivity (Wildman–Crippen MR) is 99.6 cm³/mol. The van der Waals surface area contributed by atoms with Gasteiger partial charge in [0.15, 0.2) is 5.96 Å². The molecular formula is C16H31N5O2S. The van der Waals surface area contributed by atoms with Gasteiger partial charge in [-0.1, -0.05) is 0 Å². The second-order valence-corrected chi connectivity index (χ2v) is 7.90. The van der Waals surface area contributed by atoms with Gasteiger partial charge in [-0.15, -0.1) is 0 Å². The molecule has 2 rings (SSSR count). The molecule has 24 heavy (non-hydrogen) atoms. The van der Waals surface area contributed by atoms with E-state index in [0.717, 1.165) is 56.6 Å². The Bertz CT molecular complexity index is 444. The van der Waals surface area contributed by atoms with E-state index >= 15 is 0 Å². The highest BCUT2D eigenvalue weighted by molar-refractivity contribution is 7.99. The Labute approximate surface area is 149 Å². The third-order valence-corrected chi connectivity index (χ3v) is 5.92. The number of guanidine groups is 1. The lowest BCUT2D eigenvalue weighted by molar-refractivity contribution is -0.129. The maximum Gasteiger partial charge on any atom is 0.223 e. The van der Waals surface area contributed by atoms with Gasteiger partial charge in [-0.25, -0.2) is 0 Å². The molecule has 0 saturated carbocycles. The fraction of sp³-hybridized carbons (Fsp3) is 0.875. The van der Waals surface area contributed by atoms with Crippen molar-refractivity contribution in [3.63, 3.8) is 0 Å². The van der Waals surface area contributed by atoms with Crippen molar-refractivity contribution in [2.24, 2.45) is 4.99 Å². The zero-order valence-electron chi connectivity index (χ0n) is 15.1. The largest absolute Gasteiger partial charge is 0.387 e. The predicted octanol–water partition coefficient (Wildman–Crippen LogP) is -0.474. The number of carbonyl (C=O) groups is 1. The number of aliphatic imine (C=N–C) groups is 1. The first-order valence-electron chi connectivity index (χ1n) is 8.62. The number of hydrogen-bond acceptors (Lipinski definition) is 5. The average Bonchev–Trinajstić information content (AvgIpc) is 3.01. The van der Waals surface area contributed by atoms with Crippen LogP contribution >= 0.6 is 11.8 Å². The molecule has 0 spiro atoms. The van der Waals surface area contributed by atoms with E-state index in [9.17, 15) is 9.90 Å². The molecule has 2 saturated heterocycles. The SMILES string of the molecule is CN=C(NCC1(O)CCSC1)N1CCN(CCC(=O)N(C)C)CC1. The standard InChI is InChI=1S/C16H31N5O2S/c1-17-15(18-12-16(23)5-11-24-13-16)21-9-7-20(8-10-21)6-4-14(22)19(2)3/h23H,4-13H2,1-3H3,(H,17,18). The van der Waals surface area contributed by atoms with Crippen LogP contribution in [-0.2, 0) is 4.79 Å². The van der Waals surface area contributed by atoms with Crippen LogP contribution in [0.3, 0.4) is 0 Å². The van der Waals surface area contributed by atoms with Crippen molar-refractivity contribution >= 4 is 23.6 Å². The number of thioether (sulfide) groups is 1. The highest BCUT2D eigenvalue weighted by Gasteiger charge is 2.32. The molecule has 0 aromatic rings. The molecule has 1 unspecified atom stereocenters. The van der Waals surface area contributed by atoms with E-state index < -0.39 is 5.60 Å². The molecule has 2 N–H and O–H groups in total. The number of hydrogen-bond donors (Lipinski definition) is 2. The summed E-state index contributed by atoms with van der Waals surface area (Å²) in [6.07, 6.45) is 1.42. The second kappa shape index (κ2) is 8.92. The maximum atomic E-state index is 11.7. The van der Waals surface area contributed by atoms with Gasteiger partial charge in [0.05, 0.1) is 5.60 Å². The summed E-state index contributed by atoms with van der Waals surface area (Å²) in [6.45, 7) is 5.02. The molecule has 0 aromatic heterocycles. The van der Waals surface area contributed by atoms with E-state index in [2.05, 4.69) is 20.1 Å². The van der Waals surface area contributed by atoms with Gasteiger partial charge in [0, 0.05) is 72.6 Å². The zero-order chi connectivity index (χ0) is 17.6. The Kier molecular flexibility index (Phi) is 7.18. The van der Waals surface area contributed by atoms with Crippen molar-refractivity contribution in [1.82, 2.24) is 20.0 Å². The molecule has 2 aliphatic heterocycles. The normalized spacial score (nSPS) is 25.8. The molecule has 2 heterocycles. The van der Waals surface area contributed by atoms with Crippen LogP contribution < -0.4 is 5.32 Å². The summed E-state index contributed by atoms with van der Waals surface area (Å²) >= 11 is 1.80. The van der Waals surface area contributed by atoms with Crippen LogP contribution in [0.1, 0.15) is 12.8 Å². The van der Waals surface area contributed by atoms with E-state index in [1.807, 2.05) is 0 Å². The zero-order valence-corrected chi connectivity index (χ0v) is 15.9. The number of rotatable bonds is 5. The molecule has 7 nitrogen and oxygen atoms in total. The summed E-state index contributed by atoms with van der Waals surface area (Å²) < 4.78 is 0. The van der Waals surface area contributed by atoms with Crippen LogP contribution in [0.5, 0.6) is 0 Å². The van der Waals surface area contributed by atoms with Crippen LogP contribution in [0.25, 0.3) is 0 Å². The first kappa shape index (κ1) is 19.3. The minimum Gasteiger partial charge on any atom is -0.387 e. The lowest BCUT2D eigenvalue weighted by Crippen LogP contribution is -2.55. The van der Waals surface area contributed by atoms with Gasteiger partial charge >= 0.3 is 0 Å². The molecule has 0 aromatic carbocycles. The highest BCUT2D eigenvalue weighted by atomic mass is 32.2. The Morgan fingerprint density at radius 3 is 2.58 bits per heavy atom. The molecule has 0 radical (unpaired) electrons. The molecule has 138 valence electrons. The number of piperazine rings is 1. The molecule has 1 atom stereocenters. The van der Waals surface area contributed by atoms with Crippen molar-refractivity contribution in [2.45, 2.75) is 18.4 Å². The summed E-state index contributed by atoms with van der Waals surface area (Å²) in [7, 11) is 5.39. The van der Waals surface area contributed by atoms with Gasteiger partial charge in [0.25, 0.3) is 0 Å². The van der Waals surface area contributed by atoms with Crippen LogP contribution in [0.4, 0.5) is 0 Å². The van der Waals surface area contributed by atoms with Gasteiger partial charge in [0.2, 0.25) is 5.91 Å². The van der Waals surface area contributed by atoms with Gasteiger partial charge in [-0.2, -0.15) is 11.8 Å². The first-order chi connectivity index (χ1) is 11.4. The molecule has 2 aliphatic rings. The van der Waals surface area contributed by atoms with E-state index in [0.29, 0.717) is 13.0 Å². The van der Waals surface area contributed by atoms with Gasteiger partial charge in [-0.05, 0) is 12.2 Å². The number of amides is 1. The van der Waals surface area contributed by atoms with Gasteiger partial charge in [-0.3, -0.25) is 14.7 Å². The monoisotopic (exact) mass is 357 g/mol. The number of nitrogens with zero attached hydrogens (tertiary/aromatic N) is 4. The van der Waals surface area contributed by atoms with Crippen LogP contribution in [0.15, 0.2) is 4.99 Å². The molecule has 2 fully saturated rings. The molecule has 1 amide bonds. The Morgan fingerprint density at radius 1 is 1.33 bits per heavy atom. The summed E-state index contributed by atoms with van der Waals surface area (Å²) in [4.78, 5) is 22.2. The Balaban J connectivity index is 1.72. The summed E-state index contributed by atoms with van der Waals surface area (Å²) in [5, 5.41) is 13.8. The van der Waals surface area contributed by atoms with Crippen LogP contribution in [-0.4, -0.2) is 109 Å². The number of nitrogens with one attached hydrogen (secondary N) is 1. The van der Waals surface area contributed by atoms with Crippen molar-refractivity contribution in [1.29, 1.82) is 0 Å². The van der Waals surface area contributed by atoms with Crippen molar-refractivity contribution in [3.8, 4) is 0 Å². The van der Waals surface area contributed by atoms with Crippen molar-refractivity contribution in [2.75, 3.05) is 71.9 Å². The van der Waals surface area contributed by atoms with Gasteiger partial charge in [0.1, 0.15) is 0 Å². The van der Waals surface area contributed by atoms with E-state index in [4.69, 9.17) is 0 Å². The average molecular weight is 358 g/mol. The summed E-state index contributed by atoms with van der Waals surface area (Å²) in [6, 6.07) is 0. The Morgan fingerprint density at radius 2 is 2.04 bits per heavy atom. The summed E-state index contributed by atoms with van der Waals surface area (Å²) in [5.41, 5.74) is -0.602. The number of carbonyl (C=O) groups excluding carboxylic acids is 1. The van der Waals surface area contributed by atoms with E-state index in [1.165, 1.54) is 0 Å². The summed E-state index contributed by atoms with van der Waals surface area (Å²) in [5.74, 6) is 2.87. The second-order valence-electron chi connectivity index (χ2n) is 6.79. The molecule has 0 aliphatic carbocycles. The minimum atomic E-state index is -0.602. The first-order valence-corrected chi connectivity index (χ1v) is 9.77. The fourth-order valence-corrected chi connectivity index (χ4v) is 4.27.